The van der Waals surface area contributed by atoms with Crippen LogP contribution in [0.5, 0.6) is 11.5 Å². The maximum atomic E-state index is 6.57. The van der Waals surface area contributed by atoms with Gasteiger partial charge in [-0.1, -0.05) is 34.1 Å². The molecule has 0 fully saturated rings. The van der Waals surface area contributed by atoms with Gasteiger partial charge in [0.05, 0.1) is 19.1 Å². The van der Waals surface area contributed by atoms with Crippen molar-refractivity contribution < 1.29 is 9.47 Å². The van der Waals surface area contributed by atoms with E-state index in [1.54, 1.807) is 7.11 Å². The monoisotopic (exact) mass is 354 g/mol. The Bertz CT molecular complexity index is 586. The highest BCUT2D eigenvalue weighted by Crippen LogP contribution is 2.36. The van der Waals surface area contributed by atoms with Crippen molar-refractivity contribution in [2.45, 2.75) is 12.3 Å². The average Bonchev–Trinajstić information content (AvgIpc) is 2.47. The first-order chi connectivity index (χ1) is 9.65. The second-order valence-corrected chi connectivity index (χ2v) is 5.55. The SMILES string of the molecule is CCOc1ccc(C(Cl)c2cccc(OC)c2)c(Br)c1. The second kappa shape index (κ2) is 7.00. The number of hydrogen-bond donors (Lipinski definition) is 0. The van der Waals surface area contributed by atoms with Crippen LogP contribution in [-0.2, 0) is 0 Å². The van der Waals surface area contributed by atoms with Crippen molar-refractivity contribution in [1.29, 1.82) is 0 Å². The molecule has 106 valence electrons. The third-order valence-corrected chi connectivity index (χ3v) is 4.12. The van der Waals surface area contributed by atoms with Crippen LogP contribution in [0.3, 0.4) is 0 Å². The summed E-state index contributed by atoms with van der Waals surface area (Å²) in [7, 11) is 1.65. The van der Waals surface area contributed by atoms with Crippen LogP contribution in [0.1, 0.15) is 23.4 Å². The number of ether oxygens (including phenoxy) is 2. The van der Waals surface area contributed by atoms with E-state index in [1.165, 1.54) is 0 Å². The Balaban J connectivity index is 2.30. The van der Waals surface area contributed by atoms with Gasteiger partial charge in [0.1, 0.15) is 11.5 Å². The molecular weight excluding hydrogens is 340 g/mol. The van der Waals surface area contributed by atoms with E-state index in [2.05, 4.69) is 15.9 Å². The summed E-state index contributed by atoms with van der Waals surface area (Å²) in [5.74, 6) is 1.63. The van der Waals surface area contributed by atoms with Crippen LogP contribution in [0.4, 0.5) is 0 Å². The molecule has 1 unspecified atom stereocenters. The van der Waals surface area contributed by atoms with Gasteiger partial charge in [-0.3, -0.25) is 0 Å². The second-order valence-electron chi connectivity index (χ2n) is 4.26. The highest BCUT2D eigenvalue weighted by atomic mass is 79.9. The molecule has 4 heteroatoms. The predicted octanol–water partition coefficient (Wildman–Crippen LogP) is 5.18. The van der Waals surface area contributed by atoms with Crippen LogP contribution in [0.15, 0.2) is 46.9 Å². The van der Waals surface area contributed by atoms with Crippen molar-refractivity contribution in [3.8, 4) is 11.5 Å². The Hall–Kier alpha value is -1.19. The number of benzene rings is 2. The molecule has 0 aliphatic rings. The lowest BCUT2D eigenvalue weighted by Crippen LogP contribution is -1.97. The largest absolute Gasteiger partial charge is 0.497 e. The van der Waals surface area contributed by atoms with Crippen LogP contribution < -0.4 is 9.47 Å². The molecule has 2 nitrogen and oxygen atoms in total. The molecule has 0 bridgehead atoms. The lowest BCUT2D eigenvalue weighted by atomic mass is 10.0. The summed E-state index contributed by atoms with van der Waals surface area (Å²) < 4.78 is 11.6. The minimum absolute atomic E-state index is 0.241. The molecule has 2 rings (SSSR count). The smallest absolute Gasteiger partial charge is 0.120 e. The molecule has 0 radical (unpaired) electrons. The van der Waals surface area contributed by atoms with Gasteiger partial charge in [0.2, 0.25) is 0 Å². The molecule has 20 heavy (non-hydrogen) atoms. The molecule has 0 heterocycles. The van der Waals surface area contributed by atoms with Crippen molar-refractivity contribution in [1.82, 2.24) is 0 Å². The number of halogens is 2. The van der Waals surface area contributed by atoms with E-state index in [0.29, 0.717) is 6.61 Å². The zero-order valence-corrected chi connectivity index (χ0v) is 13.7. The van der Waals surface area contributed by atoms with Gasteiger partial charge in [0.15, 0.2) is 0 Å². The molecule has 1 atom stereocenters. The maximum Gasteiger partial charge on any atom is 0.120 e. The van der Waals surface area contributed by atoms with E-state index >= 15 is 0 Å². The highest BCUT2D eigenvalue weighted by Gasteiger charge is 2.15. The molecule has 0 spiro atoms. The summed E-state index contributed by atoms with van der Waals surface area (Å²) in [6, 6.07) is 13.6. The van der Waals surface area contributed by atoms with E-state index in [9.17, 15) is 0 Å². The molecule has 2 aromatic rings. The van der Waals surface area contributed by atoms with Gasteiger partial charge in [-0.25, -0.2) is 0 Å². The molecular formula is C16H16BrClO2. The average molecular weight is 356 g/mol. The summed E-state index contributed by atoms with van der Waals surface area (Å²) in [6.45, 7) is 2.61. The first kappa shape index (κ1) is 15.2. The number of alkyl halides is 1. The Kier molecular flexibility index (Phi) is 5.32. The van der Waals surface area contributed by atoms with Crippen molar-refractivity contribution in [2.24, 2.45) is 0 Å². The van der Waals surface area contributed by atoms with Gasteiger partial charge in [0.25, 0.3) is 0 Å². The van der Waals surface area contributed by atoms with Crippen LogP contribution in [0.25, 0.3) is 0 Å². The standard InChI is InChI=1S/C16H16BrClO2/c1-3-20-13-7-8-14(15(17)10-13)16(18)11-5-4-6-12(9-11)19-2/h4-10,16H,3H2,1-2H3. The molecule has 0 saturated carbocycles. The summed E-state index contributed by atoms with van der Waals surface area (Å²) in [5.41, 5.74) is 2.00. The van der Waals surface area contributed by atoms with Crippen LogP contribution in [-0.4, -0.2) is 13.7 Å². The van der Waals surface area contributed by atoms with Crippen molar-refractivity contribution in [3.05, 3.63) is 58.1 Å². The van der Waals surface area contributed by atoms with E-state index < -0.39 is 0 Å². The zero-order chi connectivity index (χ0) is 14.5. The van der Waals surface area contributed by atoms with E-state index in [-0.39, 0.29) is 5.38 Å². The Morgan fingerprint density at radius 3 is 2.60 bits per heavy atom. The van der Waals surface area contributed by atoms with Gasteiger partial charge < -0.3 is 9.47 Å². The van der Waals surface area contributed by atoms with Gasteiger partial charge in [-0.15, -0.1) is 11.6 Å². The molecule has 0 amide bonds. The van der Waals surface area contributed by atoms with Crippen molar-refractivity contribution >= 4 is 27.5 Å². The third-order valence-electron chi connectivity index (χ3n) is 2.94. The summed E-state index contributed by atoms with van der Waals surface area (Å²) in [4.78, 5) is 0. The van der Waals surface area contributed by atoms with Gasteiger partial charge in [-0.05, 0) is 42.3 Å². The molecule has 0 aromatic heterocycles. The molecule has 0 aliphatic heterocycles. The molecule has 2 aromatic carbocycles. The van der Waals surface area contributed by atoms with E-state index in [1.807, 2.05) is 49.4 Å². The van der Waals surface area contributed by atoms with Gasteiger partial charge in [0, 0.05) is 4.47 Å². The maximum absolute atomic E-state index is 6.57. The number of hydrogen-bond acceptors (Lipinski definition) is 2. The lowest BCUT2D eigenvalue weighted by Gasteiger charge is -2.14. The fourth-order valence-electron chi connectivity index (χ4n) is 1.95. The minimum Gasteiger partial charge on any atom is -0.497 e. The summed E-state index contributed by atoms with van der Waals surface area (Å²) >= 11 is 10.1. The lowest BCUT2D eigenvalue weighted by molar-refractivity contribution is 0.340. The Morgan fingerprint density at radius 2 is 1.95 bits per heavy atom. The Labute approximate surface area is 132 Å². The summed E-state index contributed by atoms with van der Waals surface area (Å²) in [5, 5.41) is -0.241. The van der Waals surface area contributed by atoms with Crippen molar-refractivity contribution in [2.75, 3.05) is 13.7 Å². The van der Waals surface area contributed by atoms with Crippen LogP contribution in [0, 0.1) is 0 Å². The van der Waals surface area contributed by atoms with E-state index in [4.69, 9.17) is 21.1 Å². The van der Waals surface area contributed by atoms with E-state index in [0.717, 1.165) is 27.1 Å². The van der Waals surface area contributed by atoms with Crippen LogP contribution in [0.2, 0.25) is 0 Å². The fourth-order valence-corrected chi connectivity index (χ4v) is 2.99. The quantitative estimate of drug-likeness (QED) is 0.688. The van der Waals surface area contributed by atoms with Gasteiger partial charge >= 0.3 is 0 Å². The summed E-state index contributed by atoms with van der Waals surface area (Å²) in [6.07, 6.45) is 0. The first-order valence-corrected chi connectivity index (χ1v) is 7.59. The van der Waals surface area contributed by atoms with Crippen molar-refractivity contribution in [3.63, 3.8) is 0 Å². The molecule has 0 aliphatic carbocycles. The fraction of sp³-hybridized carbons (Fsp3) is 0.250. The van der Waals surface area contributed by atoms with Crippen LogP contribution >= 0.6 is 27.5 Å². The highest BCUT2D eigenvalue weighted by molar-refractivity contribution is 9.10. The zero-order valence-electron chi connectivity index (χ0n) is 11.4. The molecule has 0 N–H and O–H groups in total. The normalized spacial score (nSPS) is 12.0. The van der Waals surface area contributed by atoms with Gasteiger partial charge in [-0.2, -0.15) is 0 Å². The topological polar surface area (TPSA) is 18.5 Å². The predicted molar refractivity (Wildman–Crippen MR) is 86.0 cm³/mol. The Morgan fingerprint density at radius 1 is 1.15 bits per heavy atom. The minimum atomic E-state index is -0.241. The third kappa shape index (κ3) is 3.47. The first-order valence-electron chi connectivity index (χ1n) is 6.36. The number of rotatable bonds is 5. The molecule has 0 saturated heterocycles. The number of methoxy groups -OCH3 is 1.